The molecule has 196 valence electrons. The lowest BCUT2D eigenvalue weighted by Gasteiger charge is -2.32. The van der Waals surface area contributed by atoms with Crippen LogP contribution < -0.4 is 5.32 Å². The predicted molar refractivity (Wildman–Crippen MR) is 152 cm³/mol. The van der Waals surface area contributed by atoms with Gasteiger partial charge in [0.05, 0.1) is 0 Å². The van der Waals surface area contributed by atoms with E-state index in [9.17, 15) is 9.90 Å². The number of amides is 1. The van der Waals surface area contributed by atoms with Gasteiger partial charge >= 0.3 is 0 Å². The van der Waals surface area contributed by atoms with E-state index in [2.05, 4.69) is 70.9 Å². The molecule has 1 unspecified atom stereocenters. The molecule has 1 amide bonds. The van der Waals surface area contributed by atoms with Gasteiger partial charge in [-0.1, -0.05) is 60.7 Å². The van der Waals surface area contributed by atoms with Crippen LogP contribution in [-0.4, -0.2) is 47.7 Å². The van der Waals surface area contributed by atoms with Gasteiger partial charge in [-0.25, -0.2) is 0 Å². The van der Waals surface area contributed by atoms with Gasteiger partial charge in [0.2, 0.25) is 5.91 Å². The lowest BCUT2D eigenvalue weighted by molar-refractivity contribution is -0.119. The Labute approximate surface area is 222 Å². The fourth-order valence-corrected chi connectivity index (χ4v) is 6.30. The first kappa shape index (κ1) is 25.9. The van der Waals surface area contributed by atoms with Crippen LogP contribution in [0.3, 0.4) is 0 Å². The molecule has 1 saturated heterocycles. The molecule has 2 aromatic rings. The quantitative estimate of drug-likeness (QED) is 0.398. The van der Waals surface area contributed by atoms with Crippen molar-refractivity contribution in [3.63, 3.8) is 0 Å². The van der Waals surface area contributed by atoms with Crippen LogP contribution in [0, 0.1) is 0 Å². The standard InChI is InChI=1S/C33H42N2O2/c1-24(37)34-30-15-13-29(14-16-30)33(32(8-5-23-36)27-6-3-2-4-7-27)28-11-9-25(10-12-28)26-19-21-35(22-20-26)31-17-18-31/h2-4,6-7,9-13,26,30-31,36H,5,8,14-23H2,1H3,(H,34,37)/b33-32+. The number of carbonyl (C=O) groups is 1. The summed E-state index contributed by atoms with van der Waals surface area (Å²) in [7, 11) is 0. The van der Waals surface area contributed by atoms with Crippen molar-refractivity contribution < 1.29 is 9.90 Å². The first-order valence-electron chi connectivity index (χ1n) is 14.3. The average Bonchev–Trinajstić information content (AvgIpc) is 3.78. The monoisotopic (exact) mass is 498 g/mol. The minimum atomic E-state index is 0.0455. The molecule has 0 bridgehead atoms. The number of hydrogen-bond acceptors (Lipinski definition) is 3. The van der Waals surface area contributed by atoms with Crippen molar-refractivity contribution in [2.75, 3.05) is 19.7 Å². The van der Waals surface area contributed by atoms with E-state index in [-0.39, 0.29) is 18.6 Å². The van der Waals surface area contributed by atoms with E-state index in [4.69, 9.17) is 0 Å². The second-order valence-corrected chi connectivity index (χ2v) is 11.1. The van der Waals surface area contributed by atoms with Crippen LogP contribution in [0.25, 0.3) is 11.1 Å². The number of allylic oxidation sites excluding steroid dienone is 3. The number of benzene rings is 2. The average molecular weight is 499 g/mol. The van der Waals surface area contributed by atoms with Gasteiger partial charge in [0.1, 0.15) is 0 Å². The minimum absolute atomic E-state index is 0.0455. The van der Waals surface area contributed by atoms with Crippen molar-refractivity contribution in [3.05, 3.63) is 82.9 Å². The zero-order valence-corrected chi connectivity index (χ0v) is 22.3. The van der Waals surface area contributed by atoms with E-state index in [1.807, 2.05) is 0 Å². The Balaban J connectivity index is 1.45. The van der Waals surface area contributed by atoms with Gasteiger partial charge in [-0.05, 0) is 110 Å². The molecule has 0 radical (unpaired) electrons. The third-order valence-electron chi connectivity index (χ3n) is 8.41. The number of aliphatic hydroxyl groups is 1. The highest BCUT2D eigenvalue weighted by Gasteiger charge is 2.32. The number of aliphatic hydroxyl groups excluding tert-OH is 1. The van der Waals surface area contributed by atoms with Crippen LogP contribution in [0.15, 0.2) is 66.2 Å². The third-order valence-corrected chi connectivity index (χ3v) is 8.41. The summed E-state index contributed by atoms with van der Waals surface area (Å²) in [4.78, 5) is 14.3. The molecule has 2 aromatic carbocycles. The van der Waals surface area contributed by atoms with E-state index in [1.54, 1.807) is 6.92 Å². The highest BCUT2D eigenvalue weighted by molar-refractivity contribution is 5.98. The van der Waals surface area contributed by atoms with Crippen LogP contribution in [0.1, 0.15) is 87.3 Å². The molecule has 0 spiro atoms. The topological polar surface area (TPSA) is 52.6 Å². The van der Waals surface area contributed by atoms with Gasteiger partial charge in [-0.3, -0.25) is 4.79 Å². The first-order valence-corrected chi connectivity index (χ1v) is 14.3. The molecule has 3 aliphatic rings. The molecule has 1 heterocycles. The molecule has 37 heavy (non-hydrogen) atoms. The summed E-state index contributed by atoms with van der Waals surface area (Å²) in [5, 5.41) is 12.8. The van der Waals surface area contributed by atoms with Crippen molar-refractivity contribution in [3.8, 4) is 0 Å². The number of nitrogens with one attached hydrogen (secondary N) is 1. The predicted octanol–water partition coefficient (Wildman–Crippen LogP) is 6.33. The molecular weight excluding hydrogens is 456 g/mol. The summed E-state index contributed by atoms with van der Waals surface area (Å²) < 4.78 is 0. The Morgan fingerprint density at radius 3 is 2.27 bits per heavy atom. The maximum Gasteiger partial charge on any atom is 0.217 e. The van der Waals surface area contributed by atoms with Crippen LogP contribution in [0.4, 0.5) is 0 Å². The number of carbonyl (C=O) groups excluding carboxylic acids is 1. The Bertz CT molecular complexity index is 1110. The van der Waals surface area contributed by atoms with Crippen LogP contribution >= 0.6 is 0 Å². The summed E-state index contributed by atoms with van der Waals surface area (Å²) in [6.07, 6.45) is 12.0. The summed E-state index contributed by atoms with van der Waals surface area (Å²) in [6, 6.07) is 21.1. The number of likely N-dealkylation sites (tertiary alicyclic amines) is 1. The molecule has 2 fully saturated rings. The number of nitrogens with zero attached hydrogens (tertiary/aromatic N) is 1. The highest BCUT2D eigenvalue weighted by atomic mass is 16.2. The van der Waals surface area contributed by atoms with Gasteiger partial charge < -0.3 is 15.3 Å². The normalized spacial score (nSPS) is 21.8. The van der Waals surface area contributed by atoms with Gasteiger partial charge in [-0.2, -0.15) is 0 Å². The summed E-state index contributed by atoms with van der Waals surface area (Å²) in [6.45, 7) is 4.27. The lowest BCUT2D eigenvalue weighted by atomic mass is 9.81. The van der Waals surface area contributed by atoms with Crippen molar-refractivity contribution in [1.29, 1.82) is 0 Å². The number of hydrogen-bond donors (Lipinski definition) is 2. The highest BCUT2D eigenvalue weighted by Crippen LogP contribution is 2.40. The molecule has 1 atom stereocenters. The van der Waals surface area contributed by atoms with Crippen LogP contribution in [0.5, 0.6) is 0 Å². The number of piperidine rings is 1. The van der Waals surface area contributed by atoms with E-state index in [0.29, 0.717) is 5.92 Å². The molecule has 2 aliphatic carbocycles. The van der Waals surface area contributed by atoms with E-state index >= 15 is 0 Å². The Morgan fingerprint density at radius 2 is 1.68 bits per heavy atom. The third kappa shape index (κ3) is 6.61. The van der Waals surface area contributed by atoms with E-state index < -0.39 is 0 Å². The largest absolute Gasteiger partial charge is 0.396 e. The Hall–Kier alpha value is -2.69. The smallest absolute Gasteiger partial charge is 0.217 e. The molecule has 0 aromatic heterocycles. The minimum Gasteiger partial charge on any atom is -0.396 e. The van der Waals surface area contributed by atoms with Crippen molar-refractivity contribution in [2.24, 2.45) is 0 Å². The maximum atomic E-state index is 11.6. The second-order valence-electron chi connectivity index (χ2n) is 11.1. The van der Waals surface area contributed by atoms with Crippen molar-refractivity contribution >= 4 is 17.1 Å². The van der Waals surface area contributed by atoms with Crippen LogP contribution in [0.2, 0.25) is 0 Å². The zero-order valence-electron chi connectivity index (χ0n) is 22.3. The first-order chi connectivity index (χ1) is 18.1. The van der Waals surface area contributed by atoms with Gasteiger partial charge in [0.15, 0.2) is 0 Å². The molecule has 1 saturated carbocycles. The van der Waals surface area contributed by atoms with Crippen molar-refractivity contribution in [2.45, 2.75) is 82.7 Å². The Kier molecular flexibility index (Phi) is 8.58. The van der Waals surface area contributed by atoms with Gasteiger partial charge in [0, 0.05) is 25.6 Å². The maximum absolute atomic E-state index is 11.6. The second kappa shape index (κ2) is 12.2. The van der Waals surface area contributed by atoms with Gasteiger partial charge in [-0.15, -0.1) is 0 Å². The molecular formula is C33H42N2O2. The van der Waals surface area contributed by atoms with E-state index in [0.717, 1.165) is 38.1 Å². The molecule has 1 aliphatic heterocycles. The summed E-state index contributed by atoms with van der Waals surface area (Å²) in [5.41, 5.74) is 7.95. The molecule has 4 nitrogen and oxygen atoms in total. The molecule has 5 rings (SSSR count). The summed E-state index contributed by atoms with van der Waals surface area (Å²) in [5.74, 6) is 0.705. The Morgan fingerprint density at radius 1 is 0.946 bits per heavy atom. The van der Waals surface area contributed by atoms with Gasteiger partial charge in [0.25, 0.3) is 0 Å². The fourth-order valence-electron chi connectivity index (χ4n) is 6.30. The number of rotatable bonds is 9. The van der Waals surface area contributed by atoms with E-state index in [1.165, 1.54) is 72.2 Å². The molecule has 2 N–H and O–H groups in total. The van der Waals surface area contributed by atoms with Crippen molar-refractivity contribution in [1.82, 2.24) is 10.2 Å². The molecule has 4 heteroatoms. The fraction of sp³-hybridized carbons (Fsp3) is 0.485. The zero-order chi connectivity index (χ0) is 25.6. The SMILES string of the molecule is CC(=O)NC1CC=C(/C(=C(\CCCO)c2ccccc2)c2ccc(C3CCN(C4CC4)CC3)cc2)CC1. The van der Waals surface area contributed by atoms with Crippen LogP contribution in [-0.2, 0) is 4.79 Å². The summed E-state index contributed by atoms with van der Waals surface area (Å²) >= 11 is 0. The lowest BCUT2D eigenvalue weighted by Crippen LogP contribution is -2.34.